The average molecular weight is 500 g/mol. The van der Waals surface area contributed by atoms with E-state index in [4.69, 9.17) is 19.9 Å². The highest BCUT2D eigenvalue weighted by molar-refractivity contribution is 6.18. The summed E-state index contributed by atoms with van der Waals surface area (Å²) in [5.74, 6) is 1.36. The number of rotatable bonds is 3. The normalized spacial score (nSPS) is 12.1. The second-order valence-corrected chi connectivity index (χ2v) is 9.56. The van der Waals surface area contributed by atoms with Gasteiger partial charge in [-0.15, -0.1) is 0 Å². The Labute approximate surface area is 225 Å². The number of para-hydroxylation sites is 2. The van der Waals surface area contributed by atoms with Gasteiger partial charge in [0.2, 0.25) is 5.95 Å². The maximum Gasteiger partial charge on any atom is 0.237 e. The van der Waals surface area contributed by atoms with E-state index in [0.717, 1.165) is 67.0 Å². The van der Waals surface area contributed by atoms with Crippen LogP contribution in [0.25, 0.3) is 55.4 Å². The number of hydrogen-bond donors (Lipinski definition) is 0. The predicted molar refractivity (Wildman–Crippen MR) is 157 cm³/mol. The molecule has 1 aliphatic rings. The molecule has 0 bridgehead atoms. The molecule has 8 rings (SSSR count). The zero-order chi connectivity index (χ0) is 25.8. The smallest absolute Gasteiger partial charge is 0.237 e. The van der Waals surface area contributed by atoms with Crippen molar-refractivity contribution in [3.05, 3.63) is 128 Å². The second-order valence-electron chi connectivity index (χ2n) is 9.56. The van der Waals surface area contributed by atoms with Gasteiger partial charge in [-0.3, -0.25) is 9.88 Å². The van der Waals surface area contributed by atoms with Crippen molar-refractivity contribution < 1.29 is 0 Å². The molecule has 4 aromatic carbocycles. The molecule has 182 valence electrons. The zero-order valence-electron chi connectivity index (χ0n) is 20.9. The van der Waals surface area contributed by atoms with Gasteiger partial charge < -0.3 is 0 Å². The lowest BCUT2D eigenvalue weighted by molar-refractivity contribution is 1.06. The van der Waals surface area contributed by atoms with Crippen molar-refractivity contribution in [2.75, 3.05) is 4.90 Å². The van der Waals surface area contributed by atoms with Crippen LogP contribution in [0.3, 0.4) is 0 Å². The topological polar surface area (TPSA) is 54.8 Å². The first kappa shape index (κ1) is 21.6. The zero-order valence-corrected chi connectivity index (χ0v) is 20.9. The van der Waals surface area contributed by atoms with E-state index in [1.54, 1.807) is 0 Å². The summed E-state index contributed by atoms with van der Waals surface area (Å²) >= 11 is 0. The summed E-state index contributed by atoms with van der Waals surface area (Å²) < 4.78 is 0. The Morgan fingerprint density at radius 3 is 1.92 bits per heavy atom. The molecule has 5 heteroatoms. The first-order chi connectivity index (χ1) is 19.3. The van der Waals surface area contributed by atoms with Gasteiger partial charge in [0.15, 0.2) is 5.82 Å². The molecular weight excluding hydrogens is 478 g/mol. The summed E-state index contributed by atoms with van der Waals surface area (Å²) in [5, 5.41) is 3.22. The highest BCUT2D eigenvalue weighted by Crippen LogP contribution is 2.49. The fraction of sp³-hybridized carbons (Fsp3) is 0. The van der Waals surface area contributed by atoms with Crippen LogP contribution in [0.5, 0.6) is 0 Å². The SMILES string of the molecule is c1ccc(-c2cc(-c3ccccc3)nc(N3c4ccccc4-c4nccc5c4c3nc3ccccc35)n2)cc1. The number of pyridine rings is 2. The van der Waals surface area contributed by atoms with Gasteiger partial charge in [0.05, 0.1) is 33.7 Å². The Kier molecular flexibility index (Phi) is 4.76. The van der Waals surface area contributed by atoms with Crippen molar-refractivity contribution >= 4 is 39.1 Å². The minimum absolute atomic E-state index is 0.571. The molecule has 0 saturated heterocycles. The molecule has 1 aliphatic heterocycles. The third-order valence-electron chi connectivity index (χ3n) is 7.26. The molecule has 7 aromatic rings. The van der Waals surface area contributed by atoms with Crippen molar-refractivity contribution in [1.82, 2.24) is 19.9 Å². The van der Waals surface area contributed by atoms with Crippen LogP contribution in [0.4, 0.5) is 17.5 Å². The van der Waals surface area contributed by atoms with E-state index < -0.39 is 0 Å². The largest absolute Gasteiger partial charge is 0.262 e. The molecule has 5 nitrogen and oxygen atoms in total. The third-order valence-corrected chi connectivity index (χ3v) is 7.26. The number of aromatic nitrogens is 4. The molecular formula is C34H21N5. The first-order valence-electron chi connectivity index (χ1n) is 12.9. The molecule has 0 atom stereocenters. The standard InChI is InChI=1S/C34H21N5/c1-3-11-22(12-4-1)28-21-29(23-13-5-2-6-14-23)38-34(37-28)39-30-18-10-8-16-26(30)32-31-25(19-20-35-32)24-15-7-9-17-27(24)36-33(31)39/h1-21H. The number of nitrogens with zero attached hydrogens (tertiary/aromatic N) is 5. The Balaban J connectivity index is 1.48. The van der Waals surface area contributed by atoms with Gasteiger partial charge in [0, 0.05) is 28.3 Å². The molecule has 0 radical (unpaired) electrons. The fourth-order valence-corrected chi connectivity index (χ4v) is 5.48. The van der Waals surface area contributed by atoms with Crippen LogP contribution in [0, 0.1) is 0 Å². The van der Waals surface area contributed by atoms with Crippen LogP contribution < -0.4 is 4.90 Å². The third kappa shape index (κ3) is 3.41. The molecule has 0 saturated carbocycles. The van der Waals surface area contributed by atoms with Crippen molar-refractivity contribution in [2.45, 2.75) is 0 Å². The van der Waals surface area contributed by atoms with Crippen LogP contribution in [-0.2, 0) is 0 Å². The summed E-state index contributed by atoms with van der Waals surface area (Å²) in [6, 6.07) is 41.2. The number of fused-ring (bicyclic) bond motifs is 4. The number of anilines is 3. The maximum atomic E-state index is 5.20. The van der Waals surface area contributed by atoms with E-state index in [-0.39, 0.29) is 0 Å². The summed E-state index contributed by atoms with van der Waals surface area (Å²) in [4.78, 5) is 22.4. The molecule has 0 fully saturated rings. The van der Waals surface area contributed by atoms with E-state index in [1.165, 1.54) is 0 Å². The van der Waals surface area contributed by atoms with Gasteiger partial charge in [0.25, 0.3) is 0 Å². The first-order valence-corrected chi connectivity index (χ1v) is 12.9. The van der Waals surface area contributed by atoms with Crippen LogP contribution in [0.1, 0.15) is 0 Å². The van der Waals surface area contributed by atoms with Crippen LogP contribution >= 0.6 is 0 Å². The summed E-state index contributed by atoms with van der Waals surface area (Å²) in [6.07, 6.45) is 1.89. The average Bonchev–Trinajstić information content (AvgIpc) is 3.02. The molecule has 0 unspecified atom stereocenters. The molecule has 4 heterocycles. The predicted octanol–water partition coefficient (Wildman–Crippen LogP) is 8.36. The van der Waals surface area contributed by atoms with Crippen LogP contribution in [-0.4, -0.2) is 19.9 Å². The van der Waals surface area contributed by atoms with E-state index in [2.05, 4.69) is 71.6 Å². The molecule has 0 aliphatic carbocycles. The minimum Gasteiger partial charge on any atom is -0.262 e. The Hall–Kier alpha value is -5.42. The molecule has 3 aromatic heterocycles. The summed E-state index contributed by atoms with van der Waals surface area (Å²) in [5.41, 5.74) is 7.60. The Morgan fingerprint density at radius 1 is 0.538 bits per heavy atom. The highest BCUT2D eigenvalue weighted by atomic mass is 15.3. The summed E-state index contributed by atoms with van der Waals surface area (Å²) in [7, 11) is 0. The number of benzene rings is 4. The van der Waals surface area contributed by atoms with Crippen molar-refractivity contribution in [1.29, 1.82) is 0 Å². The molecule has 39 heavy (non-hydrogen) atoms. The van der Waals surface area contributed by atoms with Gasteiger partial charge in [-0.25, -0.2) is 15.0 Å². The van der Waals surface area contributed by atoms with Gasteiger partial charge in [0.1, 0.15) is 0 Å². The van der Waals surface area contributed by atoms with Crippen LogP contribution in [0.15, 0.2) is 128 Å². The van der Waals surface area contributed by atoms with Gasteiger partial charge in [-0.05, 0) is 29.7 Å². The van der Waals surface area contributed by atoms with E-state index in [0.29, 0.717) is 5.95 Å². The Bertz CT molecular complexity index is 1960. The van der Waals surface area contributed by atoms with Gasteiger partial charge in [-0.2, -0.15) is 0 Å². The van der Waals surface area contributed by atoms with Crippen molar-refractivity contribution in [3.63, 3.8) is 0 Å². The van der Waals surface area contributed by atoms with Crippen molar-refractivity contribution in [2.24, 2.45) is 0 Å². The van der Waals surface area contributed by atoms with E-state index >= 15 is 0 Å². The quantitative estimate of drug-likeness (QED) is 0.229. The van der Waals surface area contributed by atoms with Gasteiger partial charge >= 0.3 is 0 Å². The maximum absolute atomic E-state index is 5.20. The minimum atomic E-state index is 0.571. The summed E-state index contributed by atoms with van der Waals surface area (Å²) in [6.45, 7) is 0. The number of hydrogen-bond acceptors (Lipinski definition) is 5. The van der Waals surface area contributed by atoms with E-state index in [9.17, 15) is 0 Å². The lowest BCUT2D eigenvalue weighted by atomic mass is 9.96. The molecule has 0 N–H and O–H groups in total. The van der Waals surface area contributed by atoms with Gasteiger partial charge in [-0.1, -0.05) is 97.1 Å². The lowest BCUT2D eigenvalue weighted by Gasteiger charge is -2.31. The molecule has 0 amide bonds. The lowest BCUT2D eigenvalue weighted by Crippen LogP contribution is -2.20. The fourth-order valence-electron chi connectivity index (χ4n) is 5.48. The van der Waals surface area contributed by atoms with Crippen LogP contribution in [0.2, 0.25) is 0 Å². The monoisotopic (exact) mass is 499 g/mol. The van der Waals surface area contributed by atoms with E-state index in [1.807, 2.05) is 60.8 Å². The Morgan fingerprint density at radius 2 is 1.18 bits per heavy atom. The second kappa shape index (κ2) is 8.57. The highest BCUT2D eigenvalue weighted by Gasteiger charge is 2.31. The molecule has 0 spiro atoms. The van der Waals surface area contributed by atoms with Crippen molar-refractivity contribution in [3.8, 4) is 33.8 Å².